The summed E-state index contributed by atoms with van der Waals surface area (Å²) in [6.07, 6.45) is 3.35. The SMILES string of the molecule is CCNC(=O)C(C)(C)CN=C(NCCc1ccccc1)NCCc1ccco1.I. The number of guanidine groups is 1. The number of halogens is 1. The van der Waals surface area contributed by atoms with E-state index in [9.17, 15) is 4.79 Å². The predicted octanol–water partition coefficient (Wildman–Crippen LogP) is 3.38. The zero-order valence-corrected chi connectivity index (χ0v) is 19.9. The first-order chi connectivity index (χ1) is 13.5. The van der Waals surface area contributed by atoms with Crippen LogP contribution < -0.4 is 16.0 Å². The summed E-state index contributed by atoms with van der Waals surface area (Å²) in [5.74, 6) is 1.65. The smallest absolute Gasteiger partial charge is 0.227 e. The lowest BCUT2D eigenvalue weighted by Crippen LogP contribution is -2.42. The van der Waals surface area contributed by atoms with Gasteiger partial charge in [0, 0.05) is 26.1 Å². The monoisotopic (exact) mass is 512 g/mol. The number of aliphatic imine (C=N–C) groups is 1. The summed E-state index contributed by atoms with van der Waals surface area (Å²) < 4.78 is 5.37. The van der Waals surface area contributed by atoms with Crippen molar-refractivity contribution >= 4 is 35.8 Å². The summed E-state index contributed by atoms with van der Waals surface area (Å²) >= 11 is 0. The molecule has 6 nitrogen and oxygen atoms in total. The Balaban J connectivity index is 0.00000420. The molecule has 3 N–H and O–H groups in total. The predicted molar refractivity (Wildman–Crippen MR) is 129 cm³/mol. The number of nitrogens with zero attached hydrogens (tertiary/aromatic N) is 1. The first-order valence-corrected chi connectivity index (χ1v) is 9.88. The minimum Gasteiger partial charge on any atom is -0.469 e. The van der Waals surface area contributed by atoms with Gasteiger partial charge in [-0.2, -0.15) is 0 Å². The van der Waals surface area contributed by atoms with Crippen molar-refractivity contribution in [1.82, 2.24) is 16.0 Å². The molecule has 7 heteroatoms. The van der Waals surface area contributed by atoms with Crippen molar-refractivity contribution < 1.29 is 9.21 Å². The highest BCUT2D eigenvalue weighted by Gasteiger charge is 2.26. The molecule has 0 aliphatic heterocycles. The fourth-order valence-corrected chi connectivity index (χ4v) is 2.65. The molecule has 0 aliphatic rings. The molecule has 29 heavy (non-hydrogen) atoms. The maximum absolute atomic E-state index is 12.2. The van der Waals surface area contributed by atoms with Crippen LogP contribution in [-0.4, -0.2) is 38.0 Å². The molecular formula is C22H33IN4O2. The third-order valence-electron chi connectivity index (χ3n) is 4.38. The number of rotatable bonds is 10. The van der Waals surface area contributed by atoms with Gasteiger partial charge in [0.05, 0.1) is 18.2 Å². The number of benzene rings is 1. The lowest BCUT2D eigenvalue weighted by molar-refractivity contribution is -0.128. The van der Waals surface area contributed by atoms with Gasteiger partial charge in [0.2, 0.25) is 5.91 Å². The molecule has 0 fully saturated rings. The van der Waals surface area contributed by atoms with Gasteiger partial charge in [-0.15, -0.1) is 24.0 Å². The lowest BCUT2D eigenvalue weighted by Gasteiger charge is -2.22. The molecule has 0 bridgehead atoms. The molecule has 0 saturated heterocycles. The molecule has 2 rings (SSSR count). The van der Waals surface area contributed by atoms with E-state index in [4.69, 9.17) is 4.42 Å². The molecule has 1 amide bonds. The zero-order chi connectivity index (χ0) is 20.2. The first kappa shape index (κ1) is 25.0. The number of nitrogens with one attached hydrogen (secondary N) is 3. The Hall–Kier alpha value is -2.03. The summed E-state index contributed by atoms with van der Waals surface area (Å²) in [5.41, 5.74) is 0.706. The van der Waals surface area contributed by atoms with Crippen molar-refractivity contribution in [2.75, 3.05) is 26.2 Å². The fourth-order valence-electron chi connectivity index (χ4n) is 2.65. The topological polar surface area (TPSA) is 78.7 Å². The molecule has 1 aromatic carbocycles. The van der Waals surface area contributed by atoms with Crippen LogP contribution >= 0.6 is 24.0 Å². The van der Waals surface area contributed by atoms with Crippen LogP contribution in [0.5, 0.6) is 0 Å². The minimum absolute atomic E-state index is 0. The van der Waals surface area contributed by atoms with Crippen LogP contribution in [0, 0.1) is 5.41 Å². The second-order valence-corrected chi connectivity index (χ2v) is 7.33. The van der Waals surface area contributed by atoms with Gasteiger partial charge in [0.25, 0.3) is 0 Å². The fraction of sp³-hybridized carbons (Fsp3) is 0.455. The van der Waals surface area contributed by atoms with Gasteiger partial charge >= 0.3 is 0 Å². The second kappa shape index (κ2) is 13.2. The quantitative estimate of drug-likeness (QED) is 0.259. The molecule has 0 atom stereocenters. The highest BCUT2D eigenvalue weighted by Crippen LogP contribution is 2.15. The number of hydrogen-bond donors (Lipinski definition) is 3. The summed E-state index contributed by atoms with van der Waals surface area (Å²) in [7, 11) is 0. The van der Waals surface area contributed by atoms with Crippen molar-refractivity contribution in [2.24, 2.45) is 10.4 Å². The number of carbonyl (C=O) groups excluding carboxylic acids is 1. The van der Waals surface area contributed by atoms with Crippen LogP contribution in [0.4, 0.5) is 0 Å². The third kappa shape index (κ3) is 9.34. The van der Waals surface area contributed by atoms with E-state index in [1.54, 1.807) is 6.26 Å². The van der Waals surface area contributed by atoms with Crippen molar-refractivity contribution in [2.45, 2.75) is 33.6 Å². The average molecular weight is 512 g/mol. The summed E-state index contributed by atoms with van der Waals surface area (Å²) in [5, 5.41) is 9.58. The molecular weight excluding hydrogens is 479 g/mol. The normalized spacial score (nSPS) is 11.5. The number of hydrogen-bond acceptors (Lipinski definition) is 3. The van der Waals surface area contributed by atoms with Crippen LogP contribution in [0.3, 0.4) is 0 Å². The van der Waals surface area contributed by atoms with E-state index in [0.29, 0.717) is 25.6 Å². The van der Waals surface area contributed by atoms with Gasteiger partial charge < -0.3 is 20.4 Å². The maximum Gasteiger partial charge on any atom is 0.227 e. The lowest BCUT2D eigenvalue weighted by atomic mass is 9.92. The van der Waals surface area contributed by atoms with Crippen molar-refractivity contribution in [3.63, 3.8) is 0 Å². The van der Waals surface area contributed by atoms with Crippen LogP contribution in [-0.2, 0) is 17.6 Å². The van der Waals surface area contributed by atoms with Crippen LogP contribution in [0.2, 0.25) is 0 Å². The molecule has 0 unspecified atom stereocenters. The Morgan fingerprint density at radius 3 is 2.31 bits per heavy atom. The second-order valence-electron chi connectivity index (χ2n) is 7.33. The molecule has 160 valence electrons. The largest absolute Gasteiger partial charge is 0.469 e. The molecule has 0 radical (unpaired) electrons. The van der Waals surface area contributed by atoms with Crippen molar-refractivity contribution in [3.05, 3.63) is 60.1 Å². The minimum atomic E-state index is -0.564. The van der Waals surface area contributed by atoms with Crippen LogP contribution in [0.15, 0.2) is 58.1 Å². The van der Waals surface area contributed by atoms with E-state index in [1.807, 2.05) is 51.1 Å². The van der Waals surface area contributed by atoms with E-state index in [1.165, 1.54) is 5.56 Å². The molecule has 1 heterocycles. The summed E-state index contributed by atoms with van der Waals surface area (Å²) in [4.78, 5) is 16.9. The van der Waals surface area contributed by atoms with E-state index in [0.717, 1.165) is 25.1 Å². The number of furan rings is 1. The van der Waals surface area contributed by atoms with Crippen molar-refractivity contribution in [1.29, 1.82) is 0 Å². The zero-order valence-electron chi connectivity index (χ0n) is 17.5. The van der Waals surface area contributed by atoms with Gasteiger partial charge in [0.1, 0.15) is 5.76 Å². The Kier molecular flexibility index (Phi) is 11.4. The average Bonchev–Trinajstić information content (AvgIpc) is 3.20. The van der Waals surface area contributed by atoms with Crippen LogP contribution in [0.25, 0.3) is 0 Å². The first-order valence-electron chi connectivity index (χ1n) is 9.88. The number of amides is 1. The summed E-state index contributed by atoms with van der Waals surface area (Å²) in [6, 6.07) is 14.2. The third-order valence-corrected chi connectivity index (χ3v) is 4.38. The van der Waals surface area contributed by atoms with Gasteiger partial charge in [-0.05, 0) is 44.9 Å². The van der Waals surface area contributed by atoms with Gasteiger partial charge in [-0.3, -0.25) is 9.79 Å². The standard InChI is InChI=1S/C22H32N4O2.HI/c1-4-23-20(27)22(2,3)17-26-21(25-15-13-19-11-8-16-28-19)24-14-12-18-9-6-5-7-10-18;/h5-11,16H,4,12-15,17H2,1-3H3,(H,23,27)(H2,24,25,26);1H. The van der Waals surface area contributed by atoms with Crippen LogP contribution in [0.1, 0.15) is 32.1 Å². The van der Waals surface area contributed by atoms with E-state index in [-0.39, 0.29) is 29.9 Å². The Morgan fingerprint density at radius 2 is 1.69 bits per heavy atom. The molecule has 2 aromatic rings. The summed E-state index contributed by atoms with van der Waals surface area (Å²) in [6.45, 7) is 8.22. The maximum atomic E-state index is 12.2. The molecule has 0 aliphatic carbocycles. The Morgan fingerprint density at radius 1 is 1.00 bits per heavy atom. The Labute approximate surface area is 191 Å². The molecule has 0 saturated carbocycles. The van der Waals surface area contributed by atoms with E-state index < -0.39 is 5.41 Å². The molecule has 0 spiro atoms. The van der Waals surface area contributed by atoms with E-state index >= 15 is 0 Å². The van der Waals surface area contributed by atoms with Gasteiger partial charge in [0.15, 0.2) is 5.96 Å². The van der Waals surface area contributed by atoms with Gasteiger partial charge in [-0.25, -0.2) is 0 Å². The van der Waals surface area contributed by atoms with Crippen molar-refractivity contribution in [3.8, 4) is 0 Å². The van der Waals surface area contributed by atoms with Gasteiger partial charge in [-0.1, -0.05) is 30.3 Å². The highest BCUT2D eigenvalue weighted by molar-refractivity contribution is 14.0. The highest BCUT2D eigenvalue weighted by atomic mass is 127. The number of carbonyl (C=O) groups is 1. The van der Waals surface area contributed by atoms with E-state index in [2.05, 4.69) is 33.1 Å². The Bertz CT molecular complexity index is 731. The molecule has 1 aromatic heterocycles.